The summed E-state index contributed by atoms with van der Waals surface area (Å²) in [5.41, 5.74) is 4.66. The molecule has 3 N–H and O–H groups in total. The van der Waals surface area contributed by atoms with E-state index in [1.165, 1.54) is 0 Å². The molecule has 0 aliphatic heterocycles. The smallest absolute Gasteiger partial charge is 0.422 e. The highest BCUT2D eigenvalue weighted by Crippen LogP contribution is 2.39. The quantitative estimate of drug-likeness (QED) is 0.623. The van der Waals surface area contributed by atoms with Gasteiger partial charge in [0.15, 0.2) is 0 Å². The second-order valence-corrected chi connectivity index (χ2v) is 5.90. The monoisotopic (exact) mass is 230 g/mol. The average molecular weight is 230 g/mol. The van der Waals surface area contributed by atoms with Crippen LogP contribution >= 0.6 is 0 Å². The van der Waals surface area contributed by atoms with Gasteiger partial charge in [-0.15, -0.1) is 0 Å². The molecular formula is C11H22N2O3. The lowest BCUT2D eigenvalue weighted by molar-refractivity contribution is -0.0773. The van der Waals surface area contributed by atoms with Crippen molar-refractivity contribution in [2.75, 3.05) is 0 Å². The van der Waals surface area contributed by atoms with E-state index in [1.807, 2.05) is 34.6 Å². The summed E-state index contributed by atoms with van der Waals surface area (Å²) in [6.45, 7) is 9.34. The number of hydrazine groups is 1. The summed E-state index contributed by atoms with van der Waals surface area (Å²) in [5, 5.41) is 9.51. The lowest BCUT2D eigenvalue weighted by atomic mass is 9.65. The third-order valence-corrected chi connectivity index (χ3v) is 2.96. The van der Waals surface area contributed by atoms with Crippen molar-refractivity contribution in [3.05, 3.63) is 0 Å². The zero-order valence-electron chi connectivity index (χ0n) is 10.6. The minimum atomic E-state index is -0.500. The highest BCUT2D eigenvalue weighted by molar-refractivity contribution is 5.67. The van der Waals surface area contributed by atoms with E-state index in [0.29, 0.717) is 6.42 Å². The first-order valence-corrected chi connectivity index (χ1v) is 5.55. The topological polar surface area (TPSA) is 70.6 Å². The maximum Gasteiger partial charge on any atom is 0.422 e. The van der Waals surface area contributed by atoms with Crippen LogP contribution in [0.5, 0.6) is 0 Å². The second-order valence-electron chi connectivity index (χ2n) is 5.90. The van der Waals surface area contributed by atoms with Gasteiger partial charge < -0.3 is 9.84 Å². The number of carbonyl (C=O) groups excluding carboxylic acids is 1. The van der Waals surface area contributed by atoms with Crippen molar-refractivity contribution in [2.24, 2.45) is 5.41 Å². The minimum absolute atomic E-state index is 0.0787. The molecule has 0 saturated heterocycles. The van der Waals surface area contributed by atoms with Gasteiger partial charge in [-0.25, -0.2) is 10.2 Å². The Morgan fingerprint density at radius 3 is 2.38 bits per heavy atom. The van der Waals surface area contributed by atoms with Gasteiger partial charge in [0.2, 0.25) is 0 Å². The Bertz CT molecular complexity index is 271. The number of hydrogen-bond acceptors (Lipinski definition) is 4. The van der Waals surface area contributed by atoms with E-state index in [1.54, 1.807) is 0 Å². The summed E-state index contributed by atoms with van der Waals surface area (Å²) < 4.78 is 5.08. The Kier molecular flexibility index (Phi) is 3.50. The molecule has 1 saturated carbocycles. The van der Waals surface area contributed by atoms with Crippen molar-refractivity contribution >= 4 is 6.09 Å². The van der Waals surface area contributed by atoms with Crippen LogP contribution in [0.15, 0.2) is 0 Å². The van der Waals surface area contributed by atoms with Crippen LogP contribution < -0.4 is 10.9 Å². The van der Waals surface area contributed by atoms with Gasteiger partial charge in [0.25, 0.3) is 0 Å². The van der Waals surface area contributed by atoms with Crippen molar-refractivity contribution in [2.45, 2.75) is 58.8 Å². The van der Waals surface area contributed by atoms with Crippen LogP contribution in [0.4, 0.5) is 4.79 Å². The van der Waals surface area contributed by atoms with Crippen molar-refractivity contribution in [3.8, 4) is 0 Å². The number of rotatable bonds is 2. The van der Waals surface area contributed by atoms with Gasteiger partial charge in [-0.3, -0.25) is 5.43 Å². The highest BCUT2D eigenvalue weighted by Gasteiger charge is 2.47. The number of carbonyl (C=O) groups is 1. The molecule has 2 unspecified atom stereocenters. The number of ether oxygens (including phenoxy) is 1. The first-order valence-electron chi connectivity index (χ1n) is 5.55. The van der Waals surface area contributed by atoms with Gasteiger partial charge in [-0.2, -0.15) is 0 Å². The highest BCUT2D eigenvalue weighted by atomic mass is 16.6. The number of aliphatic hydroxyl groups is 1. The third kappa shape index (κ3) is 3.09. The molecule has 2 atom stereocenters. The Hall–Kier alpha value is -0.810. The van der Waals surface area contributed by atoms with Crippen molar-refractivity contribution in [1.82, 2.24) is 10.9 Å². The fourth-order valence-corrected chi connectivity index (χ4v) is 1.60. The van der Waals surface area contributed by atoms with E-state index in [4.69, 9.17) is 4.74 Å². The van der Waals surface area contributed by atoms with Crippen LogP contribution in [0.2, 0.25) is 0 Å². The van der Waals surface area contributed by atoms with E-state index >= 15 is 0 Å². The molecule has 1 aliphatic carbocycles. The molecule has 1 fully saturated rings. The molecule has 0 heterocycles. The number of hydrogen-bond donors (Lipinski definition) is 3. The predicted octanol–water partition coefficient (Wildman–Crippen LogP) is 1.18. The van der Waals surface area contributed by atoms with Crippen LogP contribution in [-0.4, -0.2) is 28.9 Å². The Balaban J connectivity index is 2.29. The summed E-state index contributed by atoms with van der Waals surface area (Å²) >= 11 is 0. The maximum atomic E-state index is 11.3. The molecule has 0 aromatic carbocycles. The van der Waals surface area contributed by atoms with E-state index in [2.05, 4.69) is 10.9 Å². The number of amides is 1. The molecule has 1 aliphatic rings. The van der Waals surface area contributed by atoms with Gasteiger partial charge in [0.1, 0.15) is 5.60 Å². The first-order chi connectivity index (χ1) is 7.13. The molecule has 1 rings (SSSR count). The van der Waals surface area contributed by atoms with Crippen LogP contribution in [0.1, 0.15) is 41.0 Å². The lowest BCUT2D eigenvalue weighted by Crippen LogP contribution is -2.63. The molecule has 16 heavy (non-hydrogen) atoms. The third-order valence-electron chi connectivity index (χ3n) is 2.96. The summed E-state index contributed by atoms with van der Waals surface area (Å²) in [4.78, 5) is 11.3. The molecule has 5 heteroatoms. The molecule has 0 radical (unpaired) electrons. The first kappa shape index (κ1) is 13.3. The number of nitrogens with one attached hydrogen (secondary N) is 2. The van der Waals surface area contributed by atoms with E-state index in [0.717, 1.165) is 0 Å². The molecule has 94 valence electrons. The molecule has 5 nitrogen and oxygen atoms in total. The summed E-state index contributed by atoms with van der Waals surface area (Å²) in [6, 6.07) is 0.0787. The van der Waals surface area contributed by atoms with Crippen LogP contribution in [0.3, 0.4) is 0 Å². The number of aliphatic hydroxyl groups excluding tert-OH is 1. The van der Waals surface area contributed by atoms with E-state index < -0.39 is 11.7 Å². The fourth-order valence-electron chi connectivity index (χ4n) is 1.60. The Labute approximate surface area is 96.5 Å². The molecule has 0 bridgehead atoms. The Morgan fingerprint density at radius 1 is 1.44 bits per heavy atom. The van der Waals surface area contributed by atoms with Gasteiger partial charge in [-0.05, 0) is 27.2 Å². The van der Waals surface area contributed by atoms with Crippen LogP contribution in [0, 0.1) is 5.41 Å². The largest absolute Gasteiger partial charge is 0.443 e. The molecule has 0 aromatic heterocycles. The van der Waals surface area contributed by atoms with Crippen molar-refractivity contribution in [3.63, 3.8) is 0 Å². The molecule has 0 aromatic rings. The maximum absolute atomic E-state index is 11.3. The van der Waals surface area contributed by atoms with Crippen molar-refractivity contribution in [1.29, 1.82) is 0 Å². The fraction of sp³-hybridized carbons (Fsp3) is 0.909. The summed E-state index contributed by atoms with van der Waals surface area (Å²) in [6.07, 6.45) is -0.168. The minimum Gasteiger partial charge on any atom is -0.443 e. The van der Waals surface area contributed by atoms with Crippen molar-refractivity contribution < 1.29 is 14.6 Å². The standard InChI is InChI=1S/C11H22N2O3/c1-10(2,3)16-9(15)13-12-7-6-8(14)11(7,4)5/h7-8,12,14H,6H2,1-5H3,(H,13,15). The average Bonchev–Trinajstić information content (AvgIpc) is 2.09. The molecule has 0 spiro atoms. The summed E-state index contributed by atoms with van der Waals surface area (Å²) in [5.74, 6) is 0. The Morgan fingerprint density at radius 2 is 2.00 bits per heavy atom. The van der Waals surface area contributed by atoms with E-state index in [-0.39, 0.29) is 17.6 Å². The molecule has 1 amide bonds. The SMILES string of the molecule is CC(C)(C)OC(=O)NNC1CC(O)C1(C)C. The van der Waals surface area contributed by atoms with Gasteiger partial charge in [0, 0.05) is 11.5 Å². The predicted molar refractivity (Wildman–Crippen MR) is 60.7 cm³/mol. The normalized spacial score (nSPS) is 28.1. The van der Waals surface area contributed by atoms with Crippen LogP contribution in [0.25, 0.3) is 0 Å². The van der Waals surface area contributed by atoms with Crippen LogP contribution in [-0.2, 0) is 4.74 Å². The van der Waals surface area contributed by atoms with E-state index in [9.17, 15) is 9.90 Å². The lowest BCUT2D eigenvalue weighted by Gasteiger charge is -2.49. The van der Waals surface area contributed by atoms with Gasteiger partial charge in [0.05, 0.1) is 6.10 Å². The summed E-state index contributed by atoms with van der Waals surface area (Å²) in [7, 11) is 0. The van der Waals surface area contributed by atoms with Gasteiger partial charge in [-0.1, -0.05) is 13.8 Å². The zero-order chi connectivity index (χ0) is 12.6. The van der Waals surface area contributed by atoms with Gasteiger partial charge >= 0.3 is 6.09 Å². The zero-order valence-corrected chi connectivity index (χ0v) is 10.6. The molecular weight excluding hydrogens is 208 g/mol. The second kappa shape index (κ2) is 4.22.